The molecule has 1 N–H and O–H groups in total. The molecule has 0 saturated carbocycles. The van der Waals surface area contributed by atoms with Crippen LogP contribution in [-0.2, 0) is 32.7 Å². The van der Waals surface area contributed by atoms with Gasteiger partial charge in [0.25, 0.3) is 0 Å². The first kappa shape index (κ1) is 99.7. The number of quaternary nitrogens is 1. The van der Waals surface area contributed by atoms with E-state index in [0.29, 0.717) is 23.9 Å². The molecule has 102 heavy (non-hydrogen) atoms. The summed E-state index contributed by atoms with van der Waals surface area (Å²) in [5, 5.41) is 0. The molecule has 0 aliphatic rings. The van der Waals surface area contributed by atoms with Crippen molar-refractivity contribution < 1.29 is 42.1 Å². The van der Waals surface area contributed by atoms with Gasteiger partial charge in [-0.25, -0.2) is 4.57 Å². The number of hydrogen-bond acceptors (Lipinski definition) is 7. The predicted octanol–water partition coefficient (Wildman–Crippen LogP) is 30.4. The molecule has 600 valence electrons. The van der Waals surface area contributed by atoms with Crippen molar-refractivity contribution >= 4 is 19.8 Å². The number of ether oxygens (including phenoxy) is 2. The Balaban J connectivity index is 3.84. The van der Waals surface area contributed by atoms with Gasteiger partial charge in [0.05, 0.1) is 27.7 Å². The molecule has 0 rings (SSSR count). The third-order valence-corrected chi connectivity index (χ3v) is 21.5. The van der Waals surface area contributed by atoms with Gasteiger partial charge in [-0.05, 0) is 57.8 Å². The van der Waals surface area contributed by atoms with Gasteiger partial charge in [0.1, 0.15) is 19.8 Å². The molecule has 0 amide bonds. The van der Waals surface area contributed by atoms with Crippen molar-refractivity contribution in [3.8, 4) is 0 Å². The van der Waals surface area contributed by atoms with Gasteiger partial charge >= 0.3 is 19.8 Å². The van der Waals surface area contributed by atoms with Crippen LogP contribution in [0.1, 0.15) is 463 Å². The van der Waals surface area contributed by atoms with Crippen molar-refractivity contribution in [2.45, 2.75) is 469 Å². The average molecular weight is 1450 g/mol. The quantitative estimate of drug-likeness (QED) is 0.0211. The highest BCUT2D eigenvalue weighted by molar-refractivity contribution is 7.47. The van der Waals surface area contributed by atoms with Gasteiger partial charge in [0.15, 0.2) is 6.10 Å². The molecule has 0 spiro atoms. The van der Waals surface area contributed by atoms with Crippen molar-refractivity contribution in [1.29, 1.82) is 0 Å². The zero-order valence-corrected chi connectivity index (χ0v) is 69.8. The van der Waals surface area contributed by atoms with Gasteiger partial charge in [0.2, 0.25) is 0 Å². The van der Waals surface area contributed by atoms with E-state index in [-0.39, 0.29) is 25.6 Å². The van der Waals surface area contributed by atoms with Crippen LogP contribution in [0.3, 0.4) is 0 Å². The van der Waals surface area contributed by atoms with Crippen LogP contribution in [0.25, 0.3) is 0 Å². The molecule has 2 unspecified atom stereocenters. The van der Waals surface area contributed by atoms with E-state index in [0.717, 1.165) is 64.2 Å². The lowest BCUT2D eigenvalue weighted by Crippen LogP contribution is -2.37. The second-order valence-electron chi connectivity index (χ2n) is 32.0. The molecule has 9 nitrogen and oxygen atoms in total. The van der Waals surface area contributed by atoms with Gasteiger partial charge in [-0.1, -0.05) is 453 Å². The lowest BCUT2D eigenvalue weighted by molar-refractivity contribution is -0.870. The summed E-state index contributed by atoms with van der Waals surface area (Å²) in [6.07, 6.45) is 113. The molecule has 0 aliphatic carbocycles. The predicted molar refractivity (Wildman–Crippen MR) is 446 cm³/mol. The van der Waals surface area contributed by atoms with E-state index in [2.05, 4.69) is 74.6 Å². The summed E-state index contributed by atoms with van der Waals surface area (Å²) in [4.78, 5) is 36.1. The van der Waals surface area contributed by atoms with Crippen LogP contribution in [0.5, 0.6) is 0 Å². The summed E-state index contributed by atoms with van der Waals surface area (Å²) in [7, 11) is 1.50. The molecule has 0 aromatic rings. The Morgan fingerprint density at radius 2 is 0.559 bits per heavy atom. The summed E-state index contributed by atoms with van der Waals surface area (Å²) in [5.41, 5.74) is 0. The number of esters is 2. The Morgan fingerprint density at radius 1 is 0.314 bits per heavy atom. The third-order valence-electron chi connectivity index (χ3n) is 20.6. The summed E-state index contributed by atoms with van der Waals surface area (Å²) in [5.74, 6) is -0.769. The highest BCUT2D eigenvalue weighted by Crippen LogP contribution is 2.43. The van der Waals surface area contributed by atoms with Crippen LogP contribution in [-0.4, -0.2) is 74.9 Å². The number of allylic oxidation sites excluding steroid dienone is 10. The van der Waals surface area contributed by atoms with Crippen LogP contribution in [0.2, 0.25) is 0 Å². The van der Waals surface area contributed by atoms with E-state index in [9.17, 15) is 19.0 Å². The highest BCUT2D eigenvalue weighted by Gasteiger charge is 2.27. The second kappa shape index (κ2) is 82.8. The molecule has 2 atom stereocenters. The standard InChI is InChI=1S/C92H174NO8P/c1-6-8-10-12-14-16-18-20-22-24-26-28-30-32-34-36-38-40-42-44-46-48-50-52-54-56-58-60-62-64-66-68-70-72-74-76-78-80-82-84-91(94)98-88-90(89-100-102(96,97)99-87-86-93(3,4)5)101-92(95)85-83-81-79-77-75-73-71-69-67-65-63-61-59-57-55-53-51-49-47-45-43-41-39-37-35-33-31-29-27-25-23-21-19-17-15-13-11-9-7-2/h9,11,15,17,21,23,27,29,33,35,90H,6-8,10,12-14,16,18-20,22,24-26,28,30-32,34,36-89H2,1-5H3/p+1/b11-9-,17-15-,23-21-,29-27-,35-33-. The zero-order valence-electron chi connectivity index (χ0n) is 68.9. The Bertz CT molecular complexity index is 1910. The van der Waals surface area contributed by atoms with E-state index in [1.807, 2.05) is 21.1 Å². The monoisotopic (exact) mass is 1450 g/mol. The molecule has 0 heterocycles. The van der Waals surface area contributed by atoms with Crippen molar-refractivity contribution in [2.24, 2.45) is 0 Å². The van der Waals surface area contributed by atoms with Crippen molar-refractivity contribution in [1.82, 2.24) is 0 Å². The number of unbranched alkanes of at least 4 members (excludes halogenated alkanes) is 61. The van der Waals surface area contributed by atoms with Gasteiger partial charge < -0.3 is 18.9 Å². The Morgan fingerprint density at radius 3 is 0.833 bits per heavy atom. The topological polar surface area (TPSA) is 108 Å². The normalized spacial score (nSPS) is 13.2. The van der Waals surface area contributed by atoms with E-state index in [1.165, 1.54) is 366 Å². The van der Waals surface area contributed by atoms with Gasteiger partial charge in [-0.2, -0.15) is 0 Å². The van der Waals surface area contributed by atoms with E-state index in [1.54, 1.807) is 0 Å². The number of carbonyl (C=O) groups excluding carboxylic acids is 2. The maximum atomic E-state index is 12.9. The molecule has 10 heteroatoms. The fourth-order valence-corrected chi connectivity index (χ4v) is 14.5. The van der Waals surface area contributed by atoms with Crippen LogP contribution in [0, 0.1) is 0 Å². The van der Waals surface area contributed by atoms with Gasteiger partial charge in [0, 0.05) is 12.8 Å². The van der Waals surface area contributed by atoms with Crippen LogP contribution < -0.4 is 0 Å². The SMILES string of the molecule is CC/C=C\C/C=C\C/C=C\C/C=C\C/C=C\CCCCCCCCCCCCCCCCCCCCCCCCCC(=O)OC(COC(=O)CCCCCCCCCCCCCCCCCCCCCCCCCCCCCCCCCCCCCCCCC)COP(=O)(O)OCC[N+](C)(C)C. The van der Waals surface area contributed by atoms with Crippen LogP contribution in [0.15, 0.2) is 60.8 Å². The minimum absolute atomic E-state index is 0.0348. The van der Waals surface area contributed by atoms with Crippen molar-refractivity contribution in [3.63, 3.8) is 0 Å². The number of carbonyl (C=O) groups is 2. The molecular formula is C92H175NO8P+. The first-order valence-corrected chi connectivity index (χ1v) is 46.5. The zero-order chi connectivity index (χ0) is 74.0. The first-order chi connectivity index (χ1) is 50.0. The Hall–Kier alpha value is -2.29. The lowest BCUT2D eigenvalue weighted by atomic mass is 10.0. The molecule has 0 aromatic carbocycles. The van der Waals surface area contributed by atoms with Crippen molar-refractivity contribution in [3.05, 3.63) is 60.8 Å². The minimum atomic E-state index is -4.40. The molecule has 0 radical (unpaired) electrons. The Kier molecular flexibility index (Phi) is 80.9. The fourth-order valence-electron chi connectivity index (χ4n) is 13.8. The number of rotatable bonds is 85. The maximum Gasteiger partial charge on any atom is 0.472 e. The molecular weight excluding hydrogens is 1280 g/mol. The van der Waals surface area contributed by atoms with Gasteiger partial charge in [-0.15, -0.1) is 0 Å². The summed E-state index contributed by atoms with van der Waals surface area (Å²) >= 11 is 0. The van der Waals surface area contributed by atoms with E-state index >= 15 is 0 Å². The summed E-state index contributed by atoms with van der Waals surface area (Å²) in [6, 6.07) is 0. The maximum absolute atomic E-state index is 12.9. The second-order valence-corrected chi connectivity index (χ2v) is 33.4. The fraction of sp³-hybridized carbons (Fsp3) is 0.870. The molecule has 0 saturated heterocycles. The average Bonchev–Trinajstić information content (AvgIpc) is 0.914. The van der Waals surface area contributed by atoms with Crippen molar-refractivity contribution in [2.75, 3.05) is 47.5 Å². The van der Waals surface area contributed by atoms with E-state index < -0.39 is 26.5 Å². The number of phosphoric ester groups is 1. The largest absolute Gasteiger partial charge is 0.472 e. The molecule has 0 fully saturated rings. The summed E-state index contributed by atoms with van der Waals surface area (Å²) in [6.45, 7) is 4.41. The van der Waals surface area contributed by atoms with Gasteiger partial charge in [-0.3, -0.25) is 18.6 Å². The van der Waals surface area contributed by atoms with E-state index in [4.69, 9.17) is 18.5 Å². The minimum Gasteiger partial charge on any atom is -0.462 e. The summed E-state index contributed by atoms with van der Waals surface area (Å²) < 4.78 is 34.9. The third kappa shape index (κ3) is 86.6. The Labute approximate surface area is 636 Å². The first-order valence-electron chi connectivity index (χ1n) is 45.0. The smallest absolute Gasteiger partial charge is 0.462 e. The lowest BCUT2D eigenvalue weighted by Gasteiger charge is -2.24. The molecule has 0 aromatic heterocycles. The molecule has 0 aliphatic heterocycles. The van der Waals surface area contributed by atoms with Crippen LogP contribution in [0.4, 0.5) is 0 Å². The highest BCUT2D eigenvalue weighted by atomic mass is 31.2. The number of phosphoric acid groups is 1. The number of hydrogen-bond donors (Lipinski definition) is 1. The molecule has 0 bridgehead atoms. The number of likely N-dealkylation sites (N-methyl/N-ethyl adjacent to an activating group) is 1. The van der Waals surface area contributed by atoms with Crippen LogP contribution >= 0.6 is 7.82 Å². The number of nitrogens with zero attached hydrogens (tertiary/aromatic N) is 1.